The molecule has 0 spiro atoms. The summed E-state index contributed by atoms with van der Waals surface area (Å²) in [6.07, 6.45) is -9.38. The van der Waals surface area contributed by atoms with Crippen LogP contribution >= 0.6 is 0 Å². The van der Waals surface area contributed by atoms with Gasteiger partial charge in [-0.1, -0.05) is 0 Å². The standard InChI is InChI=1S/C22H20O11/c1-8-15(25)14-12(24)6-11(7-13(14)32-19(8)9-2-4-10(23)5-3-9)31-22(30)20-17(27)16(26)18(28)21(29)33-20/h2-7,16-18,20-21,23-24,26-29H,1H3/t16-,17-,18+,20-,21+/m0/s1. The second-order valence-electron chi connectivity index (χ2n) is 7.59. The summed E-state index contributed by atoms with van der Waals surface area (Å²) in [4.78, 5) is 25.3. The van der Waals surface area contributed by atoms with Gasteiger partial charge in [-0.15, -0.1) is 0 Å². The lowest BCUT2D eigenvalue weighted by Gasteiger charge is -2.36. The number of phenols is 2. The van der Waals surface area contributed by atoms with Gasteiger partial charge < -0.3 is 44.5 Å². The highest BCUT2D eigenvalue weighted by molar-refractivity contribution is 5.88. The van der Waals surface area contributed by atoms with E-state index < -0.39 is 47.9 Å². The van der Waals surface area contributed by atoms with Gasteiger partial charge in [0, 0.05) is 23.3 Å². The molecule has 0 amide bonds. The van der Waals surface area contributed by atoms with Gasteiger partial charge in [0.05, 0.1) is 0 Å². The maximum absolute atomic E-state index is 12.8. The van der Waals surface area contributed by atoms with Gasteiger partial charge in [0.1, 0.15) is 52.3 Å². The number of esters is 1. The van der Waals surface area contributed by atoms with Crippen molar-refractivity contribution >= 4 is 16.9 Å². The van der Waals surface area contributed by atoms with Crippen molar-refractivity contribution in [2.75, 3.05) is 0 Å². The van der Waals surface area contributed by atoms with E-state index in [0.717, 1.165) is 12.1 Å². The van der Waals surface area contributed by atoms with Gasteiger partial charge in [0.25, 0.3) is 0 Å². The predicted molar refractivity (Wildman–Crippen MR) is 111 cm³/mol. The largest absolute Gasteiger partial charge is 0.508 e. The molecule has 5 atom stereocenters. The van der Waals surface area contributed by atoms with Gasteiger partial charge in [-0.2, -0.15) is 0 Å². The normalized spacial score (nSPS) is 25.2. The zero-order valence-electron chi connectivity index (χ0n) is 17.1. The summed E-state index contributed by atoms with van der Waals surface area (Å²) in [5.74, 6) is -1.87. The summed E-state index contributed by atoms with van der Waals surface area (Å²) in [5.41, 5.74) is 0.0398. The van der Waals surface area contributed by atoms with Crippen LogP contribution in [0.25, 0.3) is 22.3 Å². The molecule has 6 N–H and O–H groups in total. The quantitative estimate of drug-likeness (QED) is 0.226. The van der Waals surface area contributed by atoms with E-state index in [9.17, 15) is 40.2 Å². The number of aliphatic hydroxyl groups excluding tert-OH is 4. The van der Waals surface area contributed by atoms with E-state index in [4.69, 9.17) is 13.9 Å². The van der Waals surface area contributed by atoms with Crippen LogP contribution in [0.15, 0.2) is 45.6 Å². The van der Waals surface area contributed by atoms with Gasteiger partial charge in [-0.3, -0.25) is 4.79 Å². The number of hydrogen-bond donors (Lipinski definition) is 6. The Kier molecular flexibility index (Phi) is 5.82. The van der Waals surface area contributed by atoms with Crippen LogP contribution < -0.4 is 10.2 Å². The van der Waals surface area contributed by atoms with Crippen LogP contribution in [0.4, 0.5) is 0 Å². The lowest BCUT2D eigenvalue weighted by Crippen LogP contribution is -2.60. The summed E-state index contributed by atoms with van der Waals surface area (Å²) in [6.45, 7) is 1.51. The SMILES string of the molecule is Cc1c(-c2ccc(O)cc2)oc2cc(OC(=O)[C@H]3O[C@@H](O)[C@H](O)[C@@H](O)[C@@H]3O)cc(O)c2c1=O. The minimum absolute atomic E-state index is 0.0151. The zero-order valence-corrected chi connectivity index (χ0v) is 17.1. The molecule has 1 aliphatic rings. The van der Waals surface area contributed by atoms with Crippen LogP contribution in [0, 0.1) is 6.92 Å². The molecule has 11 heteroatoms. The number of fused-ring (bicyclic) bond motifs is 1. The smallest absolute Gasteiger partial charge is 0.343 e. The monoisotopic (exact) mass is 460 g/mol. The van der Waals surface area contributed by atoms with Crippen LogP contribution in [0.2, 0.25) is 0 Å². The van der Waals surface area contributed by atoms with Gasteiger partial charge in [0.2, 0.25) is 0 Å². The summed E-state index contributed by atoms with van der Waals surface area (Å²) >= 11 is 0. The van der Waals surface area contributed by atoms with Crippen molar-refractivity contribution in [1.82, 2.24) is 0 Å². The highest BCUT2D eigenvalue weighted by atomic mass is 16.7. The lowest BCUT2D eigenvalue weighted by atomic mass is 9.99. The molecule has 0 aliphatic carbocycles. The van der Waals surface area contributed by atoms with Gasteiger partial charge >= 0.3 is 5.97 Å². The van der Waals surface area contributed by atoms with Crippen LogP contribution in [-0.4, -0.2) is 67.3 Å². The van der Waals surface area contributed by atoms with Crippen molar-refractivity contribution in [2.45, 2.75) is 37.6 Å². The molecule has 4 rings (SSSR count). The molecule has 1 aromatic heterocycles. The molecular formula is C22H20O11. The van der Waals surface area contributed by atoms with Crippen LogP contribution in [-0.2, 0) is 9.53 Å². The van der Waals surface area contributed by atoms with E-state index in [1.54, 1.807) is 0 Å². The van der Waals surface area contributed by atoms with Crippen molar-refractivity contribution in [3.8, 4) is 28.6 Å². The Bertz CT molecular complexity index is 1260. The number of phenolic OH excluding ortho intramolecular Hbond substituents is 2. The summed E-state index contributed by atoms with van der Waals surface area (Å²) in [6, 6.07) is 8.02. The molecule has 0 saturated carbocycles. The third-order valence-electron chi connectivity index (χ3n) is 5.34. The highest BCUT2D eigenvalue weighted by Gasteiger charge is 2.47. The number of hydrogen-bond acceptors (Lipinski definition) is 11. The van der Waals surface area contributed by atoms with Crippen molar-refractivity contribution in [1.29, 1.82) is 0 Å². The number of carbonyl (C=O) groups excluding carboxylic acids is 1. The summed E-state index contributed by atoms with van der Waals surface area (Å²) in [7, 11) is 0. The lowest BCUT2D eigenvalue weighted by molar-refractivity contribution is -0.279. The molecule has 3 aromatic rings. The molecule has 0 unspecified atom stereocenters. The van der Waals surface area contributed by atoms with Crippen molar-refractivity contribution in [2.24, 2.45) is 0 Å². The Hall–Kier alpha value is -3.48. The van der Waals surface area contributed by atoms with Gasteiger partial charge in [-0.25, -0.2) is 4.79 Å². The first-order valence-corrected chi connectivity index (χ1v) is 9.77. The second kappa shape index (κ2) is 8.46. The van der Waals surface area contributed by atoms with Gasteiger partial charge in [-0.05, 0) is 31.2 Å². The average Bonchev–Trinajstić information content (AvgIpc) is 2.77. The molecule has 2 aromatic carbocycles. The molecule has 0 radical (unpaired) electrons. The van der Waals surface area contributed by atoms with E-state index in [0.29, 0.717) is 5.56 Å². The van der Waals surface area contributed by atoms with Crippen molar-refractivity contribution < 1.29 is 49.3 Å². The molecular weight excluding hydrogens is 440 g/mol. The number of aromatic hydroxyl groups is 2. The van der Waals surface area contributed by atoms with Crippen molar-refractivity contribution in [3.63, 3.8) is 0 Å². The first kappa shape index (κ1) is 22.7. The molecule has 33 heavy (non-hydrogen) atoms. The number of benzene rings is 2. The number of rotatable bonds is 3. The van der Waals surface area contributed by atoms with E-state index in [2.05, 4.69) is 0 Å². The molecule has 1 fully saturated rings. The Morgan fingerprint density at radius 1 is 0.970 bits per heavy atom. The second-order valence-corrected chi connectivity index (χ2v) is 7.59. The Labute approximate surface area is 185 Å². The van der Waals surface area contributed by atoms with Gasteiger partial charge in [0.15, 0.2) is 17.8 Å². The Morgan fingerprint density at radius 3 is 2.30 bits per heavy atom. The number of carbonyl (C=O) groups is 1. The fourth-order valence-corrected chi connectivity index (χ4v) is 3.54. The number of aliphatic hydroxyl groups is 4. The fourth-order valence-electron chi connectivity index (χ4n) is 3.54. The third kappa shape index (κ3) is 4.03. The van der Waals surface area contributed by atoms with E-state index in [1.165, 1.54) is 31.2 Å². The highest BCUT2D eigenvalue weighted by Crippen LogP contribution is 2.33. The molecule has 11 nitrogen and oxygen atoms in total. The first-order valence-electron chi connectivity index (χ1n) is 9.77. The summed E-state index contributed by atoms with van der Waals surface area (Å²) < 4.78 is 15.7. The Balaban J connectivity index is 1.71. The summed E-state index contributed by atoms with van der Waals surface area (Å²) in [5, 5.41) is 58.5. The molecule has 2 heterocycles. The third-order valence-corrected chi connectivity index (χ3v) is 5.34. The average molecular weight is 460 g/mol. The van der Waals surface area contributed by atoms with Crippen LogP contribution in [0.3, 0.4) is 0 Å². The molecule has 0 bridgehead atoms. The minimum Gasteiger partial charge on any atom is -0.508 e. The fraction of sp³-hybridized carbons (Fsp3) is 0.273. The van der Waals surface area contributed by atoms with E-state index in [-0.39, 0.29) is 33.8 Å². The van der Waals surface area contributed by atoms with Crippen LogP contribution in [0.1, 0.15) is 5.56 Å². The molecule has 174 valence electrons. The van der Waals surface area contributed by atoms with Crippen molar-refractivity contribution in [3.05, 3.63) is 52.2 Å². The minimum atomic E-state index is -1.94. The molecule has 1 aliphatic heterocycles. The maximum atomic E-state index is 12.8. The van der Waals surface area contributed by atoms with E-state index >= 15 is 0 Å². The first-order chi connectivity index (χ1) is 15.6. The topological polar surface area (TPSA) is 187 Å². The Morgan fingerprint density at radius 2 is 1.64 bits per heavy atom. The molecule has 1 saturated heterocycles. The van der Waals surface area contributed by atoms with E-state index in [1.807, 2.05) is 0 Å². The van der Waals surface area contributed by atoms with Crippen LogP contribution in [0.5, 0.6) is 17.2 Å². The number of ether oxygens (including phenoxy) is 2. The zero-order chi connectivity index (χ0) is 24.0. The maximum Gasteiger partial charge on any atom is 0.343 e. The predicted octanol–water partition coefficient (Wildman–Crippen LogP) is -0.115.